The van der Waals surface area contributed by atoms with E-state index < -0.39 is 0 Å². The molecule has 1 aromatic carbocycles. The van der Waals surface area contributed by atoms with Gasteiger partial charge in [0.05, 0.1) is 17.6 Å². The third-order valence-corrected chi connectivity index (χ3v) is 6.35. The first kappa shape index (κ1) is 22.3. The summed E-state index contributed by atoms with van der Waals surface area (Å²) in [5.74, 6) is 0.956. The number of carbonyl (C=O) groups is 1. The number of H-pyrrole nitrogens is 2. The Morgan fingerprint density at radius 1 is 1.16 bits per heavy atom. The molecule has 32 heavy (non-hydrogen) atoms. The zero-order valence-electron chi connectivity index (χ0n) is 19.0. The minimum atomic E-state index is -0.267. The van der Waals surface area contributed by atoms with Crippen molar-refractivity contribution < 1.29 is 9.53 Å². The molecule has 2 N–H and O–H groups in total. The molecule has 2 aromatic heterocycles. The highest BCUT2D eigenvalue weighted by atomic mass is 16.5. The van der Waals surface area contributed by atoms with Gasteiger partial charge in [0.25, 0.3) is 0 Å². The topological polar surface area (TPSA) is 94.3 Å². The number of nitrogens with zero attached hydrogens (tertiary/aromatic N) is 3. The van der Waals surface area contributed by atoms with Gasteiger partial charge in [-0.1, -0.05) is 20.3 Å². The van der Waals surface area contributed by atoms with Crippen molar-refractivity contribution in [3.8, 4) is 5.75 Å². The Labute approximate surface area is 188 Å². The van der Waals surface area contributed by atoms with Gasteiger partial charge in [-0.15, -0.1) is 0 Å². The number of benzene rings is 1. The highest BCUT2D eigenvalue weighted by Gasteiger charge is 2.24. The second-order valence-electron chi connectivity index (χ2n) is 8.54. The van der Waals surface area contributed by atoms with Gasteiger partial charge in [-0.2, -0.15) is 0 Å². The first-order chi connectivity index (χ1) is 15.6. The van der Waals surface area contributed by atoms with E-state index in [2.05, 4.69) is 33.7 Å². The van der Waals surface area contributed by atoms with Crippen LogP contribution in [0, 0.1) is 0 Å². The van der Waals surface area contributed by atoms with Crippen molar-refractivity contribution in [1.82, 2.24) is 24.8 Å². The van der Waals surface area contributed by atoms with E-state index in [0.29, 0.717) is 36.7 Å². The SMILES string of the molecule is CCCC(CC)N1CCN(C(=O)CCCOc2ccc3nc4[nH]c(=O)[nH]c4cc3c2)CC1. The molecule has 3 aromatic rings. The third-order valence-electron chi connectivity index (χ3n) is 6.35. The second kappa shape index (κ2) is 10.2. The lowest BCUT2D eigenvalue weighted by Gasteiger charge is -2.39. The molecule has 0 saturated carbocycles. The van der Waals surface area contributed by atoms with Gasteiger partial charge in [-0.3, -0.25) is 14.7 Å². The highest BCUT2D eigenvalue weighted by Crippen LogP contribution is 2.22. The van der Waals surface area contributed by atoms with Crippen molar-refractivity contribution in [2.75, 3.05) is 32.8 Å². The van der Waals surface area contributed by atoms with Crippen molar-refractivity contribution in [2.24, 2.45) is 0 Å². The number of rotatable bonds is 9. The Hall–Kier alpha value is -2.87. The maximum absolute atomic E-state index is 12.6. The number of imidazole rings is 1. The molecule has 1 fully saturated rings. The van der Waals surface area contributed by atoms with Gasteiger partial charge in [-0.25, -0.2) is 9.78 Å². The van der Waals surface area contributed by atoms with Crippen LogP contribution < -0.4 is 10.4 Å². The van der Waals surface area contributed by atoms with Crippen LogP contribution in [0.4, 0.5) is 0 Å². The van der Waals surface area contributed by atoms with Gasteiger partial charge in [0.1, 0.15) is 5.75 Å². The van der Waals surface area contributed by atoms with Crippen molar-refractivity contribution in [1.29, 1.82) is 0 Å². The molecular formula is C24H33N5O3. The number of pyridine rings is 1. The van der Waals surface area contributed by atoms with Crippen LogP contribution in [0.2, 0.25) is 0 Å². The summed E-state index contributed by atoms with van der Waals surface area (Å²) < 4.78 is 5.87. The van der Waals surface area contributed by atoms with E-state index in [1.807, 2.05) is 29.2 Å². The minimum absolute atomic E-state index is 0.221. The van der Waals surface area contributed by atoms with E-state index in [1.54, 1.807) is 0 Å². The summed E-state index contributed by atoms with van der Waals surface area (Å²) in [6, 6.07) is 8.19. The van der Waals surface area contributed by atoms with E-state index in [-0.39, 0.29) is 11.6 Å². The number of hydrogen-bond donors (Lipinski definition) is 2. The lowest BCUT2D eigenvalue weighted by molar-refractivity contribution is -0.133. The summed E-state index contributed by atoms with van der Waals surface area (Å²) in [5, 5.41) is 0.896. The summed E-state index contributed by atoms with van der Waals surface area (Å²) in [6.45, 7) is 8.59. The predicted molar refractivity (Wildman–Crippen MR) is 126 cm³/mol. The molecule has 1 amide bonds. The molecule has 0 spiro atoms. The number of piperazine rings is 1. The van der Waals surface area contributed by atoms with Gasteiger partial charge in [0.15, 0.2) is 5.65 Å². The van der Waals surface area contributed by atoms with Crippen LogP contribution in [0.5, 0.6) is 5.75 Å². The maximum atomic E-state index is 12.6. The molecule has 0 bridgehead atoms. The van der Waals surface area contributed by atoms with E-state index in [0.717, 1.165) is 42.8 Å². The Balaban J connectivity index is 1.23. The number of amides is 1. The Bertz CT molecular complexity index is 1110. The zero-order valence-corrected chi connectivity index (χ0v) is 19.0. The zero-order chi connectivity index (χ0) is 22.5. The molecule has 3 heterocycles. The van der Waals surface area contributed by atoms with E-state index >= 15 is 0 Å². The third kappa shape index (κ3) is 5.12. The molecular weight excluding hydrogens is 406 g/mol. The number of aromatic nitrogens is 3. The smallest absolute Gasteiger partial charge is 0.325 e. The van der Waals surface area contributed by atoms with E-state index in [4.69, 9.17) is 4.74 Å². The molecule has 1 atom stereocenters. The lowest BCUT2D eigenvalue weighted by atomic mass is 10.1. The van der Waals surface area contributed by atoms with Gasteiger partial charge in [0, 0.05) is 44.0 Å². The fourth-order valence-electron chi connectivity index (χ4n) is 4.58. The molecule has 172 valence electrons. The Morgan fingerprint density at radius 3 is 2.72 bits per heavy atom. The Morgan fingerprint density at radius 2 is 1.97 bits per heavy atom. The van der Waals surface area contributed by atoms with Gasteiger partial charge >= 0.3 is 5.69 Å². The number of carbonyl (C=O) groups excluding carboxylic acids is 1. The van der Waals surface area contributed by atoms with Gasteiger partial charge in [0.2, 0.25) is 5.91 Å². The molecule has 1 aliphatic heterocycles. The molecule has 4 rings (SSSR count). The molecule has 1 unspecified atom stereocenters. The van der Waals surface area contributed by atoms with Crippen LogP contribution in [0.3, 0.4) is 0 Å². The number of hydrogen-bond acceptors (Lipinski definition) is 5. The molecule has 8 nitrogen and oxygen atoms in total. The fourth-order valence-corrected chi connectivity index (χ4v) is 4.58. The number of aromatic amines is 2. The van der Waals surface area contributed by atoms with Gasteiger partial charge < -0.3 is 14.6 Å². The quantitative estimate of drug-likeness (QED) is 0.499. The van der Waals surface area contributed by atoms with Crippen molar-refractivity contribution in [3.05, 3.63) is 34.7 Å². The first-order valence-corrected chi connectivity index (χ1v) is 11.7. The van der Waals surface area contributed by atoms with Crippen LogP contribution >= 0.6 is 0 Å². The van der Waals surface area contributed by atoms with Crippen molar-refractivity contribution in [2.45, 2.75) is 52.0 Å². The maximum Gasteiger partial charge on any atom is 0.325 e. The average Bonchev–Trinajstić information content (AvgIpc) is 3.17. The summed E-state index contributed by atoms with van der Waals surface area (Å²) >= 11 is 0. The summed E-state index contributed by atoms with van der Waals surface area (Å²) in [7, 11) is 0. The standard InChI is InChI=1S/C24H33N5O3/c1-3-6-18(4-2)28-10-12-29(13-11-28)22(30)7-5-14-32-19-8-9-20-17(15-19)16-21-23(25-20)27-24(31)26-21/h8-9,15-16,18H,3-7,10-14H2,1-2H3,(H2,25,26,27,31). The Kier molecular flexibility index (Phi) is 7.09. The molecule has 1 saturated heterocycles. The van der Waals surface area contributed by atoms with Crippen LogP contribution in [0.15, 0.2) is 29.1 Å². The second-order valence-corrected chi connectivity index (χ2v) is 8.54. The molecule has 1 aliphatic rings. The van der Waals surface area contributed by atoms with Crippen molar-refractivity contribution >= 4 is 28.0 Å². The monoisotopic (exact) mass is 439 g/mol. The molecule has 0 aliphatic carbocycles. The fraction of sp³-hybridized carbons (Fsp3) is 0.542. The lowest BCUT2D eigenvalue weighted by Crippen LogP contribution is -2.51. The highest BCUT2D eigenvalue weighted by molar-refractivity contribution is 5.90. The predicted octanol–water partition coefficient (Wildman–Crippen LogP) is 3.29. The van der Waals surface area contributed by atoms with Crippen LogP contribution in [0.25, 0.3) is 22.1 Å². The van der Waals surface area contributed by atoms with Crippen molar-refractivity contribution in [3.63, 3.8) is 0 Å². The van der Waals surface area contributed by atoms with E-state index in [9.17, 15) is 9.59 Å². The van der Waals surface area contributed by atoms with E-state index in [1.165, 1.54) is 19.3 Å². The van der Waals surface area contributed by atoms with Crippen LogP contribution in [0.1, 0.15) is 46.0 Å². The molecule has 0 radical (unpaired) electrons. The summed E-state index contributed by atoms with van der Waals surface area (Å²) in [6.07, 6.45) is 4.82. The van der Waals surface area contributed by atoms with Gasteiger partial charge in [-0.05, 0) is 43.5 Å². The minimum Gasteiger partial charge on any atom is -0.494 e. The number of fused-ring (bicyclic) bond motifs is 2. The molecule has 8 heteroatoms. The normalized spacial score (nSPS) is 16.0. The average molecular weight is 440 g/mol. The number of nitrogens with one attached hydrogen (secondary N) is 2. The first-order valence-electron chi connectivity index (χ1n) is 11.7. The largest absolute Gasteiger partial charge is 0.494 e. The summed E-state index contributed by atoms with van der Waals surface area (Å²) in [4.78, 5) is 38.4. The number of ether oxygens (including phenoxy) is 1. The summed E-state index contributed by atoms with van der Waals surface area (Å²) in [5.41, 5.74) is 1.74. The van der Waals surface area contributed by atoms with Crippen LogP contribution in [-0.4, -0.2) is 69.5 Å². The van der Waals surface area contributed by atoms with Crippen LogP contribution in [-0.2, 0) is 4.79 Å².